The molecule has 164 valence electrons. The van der Waals surface area contributed by atoms with Crippen LogP contribution in [0.5, 0.6) is 0 Å². The second-order valence-corrected chi connectivity index (χ2v) is 8.54. The molecule has 4 nitrogen and oxygen atoms in total. The van der Waals surface area contributed by atoms with Gasteiger partial charge in [-0.05, 0) is 18.3 Å². The lowest BCUT2D eigenvalue weighted by Crippen LogP contribution is -2.19. The number of hydrogen-bond acceptors (Lipinski definition) is 4. The Morgan fingerprint density at radius 1 is 0.862 bits per heavy atom. The van der Waals surface area contributed by atoms with Crippen molar-refractivity contribution in [2.75, 3.05) is 13.2 Å². The van der Waals surface area contributed by atoms with Gasteiger partial charge in [0.25, 0.3) is 0 Å². The Morgan fingerprint density at radius 2 is 1.52 bits per heavy atom. The fraction of sp³-hybridized carbons (Fsp3) is 0.826. The third-order valence-electron chi connectivity index (χ3n) is 5.86. The van der Waals surface area contributed by atoms with E-state index < -0.39 is 0 Å². The van der Waals surface area contributed by atoms with E-state index in [1.54, 1.807) is 0 Å². The maximum Gasteiger partial charge on any atom is 0.493 e. The summed E-state index contributed by atoms with van der Waals surface area (Å²) in [5.74, 6) is 0. The highest BCUT2D eigenvalue weighted by atomic mass is 16.6. The van der Waals surface area contributed by atoms with Crippen molar-refractivity contribution in [2.24, 2.45) is 0 Å². The van der Waals surface area contributed by atoms with E-state index in [1.165, 1.54) is 64.2 Å². The van der Waals surface area contributed by atoms with Gasteiger partial charge in [-0.25, -0.2) is 0 Å². The van der Waals surface area contributed by atoms with E-state index >= 15 is 0 Å². The molecule has 0 radical (unpaired) electrons. The van der Waals surface area contributed by atoms with Crippen LogP contribution in [0.4, 0.5) is 0 Å². The van der Waals surface area contributed by atoms with Crippen molar-refractivity contribution in [3.63, 3.8) is 0 Å². The summed E-state index contributed by atoms with van der Waals surface area (Å²) < 4.78 is 23.2. The van der Waals surface area contributed by atoms with Crippen LogP contribution in [-0.2, 0) is 18.6 Å². The van der Waals surface area contributed by atoms with Gasteiger partial charge in [-0.3, -0.25) is 0 Å². The van der Waals surface area contributed by atoms with Crippen molar-refractivity contribution in [1.82, 2.24) is 0 Å². The minimum absolute atomic E-state index is 0.126. The first-order chi connectivity index (χ1) is 14.2. The molecule has 0 aromatic rings. The van der Waals surface area contributed by atoms with Crippen molar-refractivity contribution in [3.05, 3.63) is 24.2 Å². The van der Waals surface area contributed by atoms with Gasteiger partial charge in [0, 0.05) is 6.32 Å². The van der Waals surface area contributed by atoms with Crippen molar-refractivity contribution in [1.29, 1.82) is 0 Å². The van der Waals surface area contributed by atoms with E-state index in [4.69, 9.17) is 18.6 Å². The zero-order chi connectivity index (χ0) is 20.7. The van der Waals surface area contributed by atoms with Crippen LogP contribution in [-0.4, -0.2) is 39.7 Å². The van der Waals surface area contributed by atoms with Crippen LogP contribution in [0, 0.1) is 0 Å². The monoisotopic (exact) mass is 404 g/mol. The third-order valence-corrected chi connectivity index (χ3v) is 5.86. The molecular formula is C23H42B2O4. The molecular weight excluding hydrogens is 362 g/mol. The fourth-order valence-corrected chi connectivity index (χ4v) is 3.91. The van der Waals surface area contributed by atoms with Crippen LogP contribution in [0.15, 0.2) is 24.2 Å². The lowest BCUT2D eigenvalue weighted by atomic mass is 9.78. The Hall–Kier alpha value is -0.550. The Labute approximate surface area is 180 Å². The second-order valence-electron chi connectivity index (χ2n) is 8.54. The molecule has 2 rings (SSSR count). The van der Waals surface area contributed by atoms with Crippen LogP contribution in [0.1, 0.15) is 90.9 Å². The lowest BCUT2D eigenvalue weighted by Gasteiger charge is -2.09. The molecule has 2 heterocycles. The van der Waals surface area contributed by atoms with Gasteiger partial charge in [-0.15, -0.1) is 0 Å². The summed E-state index contributed by atoms with van der Waals surface area (Å²) in [5.41, 5.74) is 0.876. The van der Waals surface area contributed by atoms with Gasteiger partial charge in [-0.2, -0.15) is 0 Å². The average molecular weight is 404 g/mol. The minimum Gasteiger partial charge on any atom is -0.408 e. The minimum atomic E-state index is -0.298. The summed E-state index contributed by atoms with van der Waals surface area (Å²) in [6.45, 7) is 9.88. The molecule has 0 spiro atoms. The summed E-state index contributed by atoms with van der Waals surface area (Å²) in [4.78, 5) is 0. The van der Waals surface area contributed by atoms with Crippen LogP contribution in [0.25, 0.3) is 0 Å². The predicted molar refractivity (Wildman–Crippen MR) is 123 cm³/mol. The highest BCUT2D eigenvalue weighted by Crippen LogP contribution is 2.21. The molecule has 0 aliphatic carbocycles. The summed E-state index contributed by atoms with van der Waals surface area (Å²) in [7, 11) is -0.424. The van der Waals surface area contributed by atoms with Gasteiger partial charge in [0.1, 0.15) is 0 Å². The molecule has 0 bridgehead atoms. The summed E-state index contributed by atoms with van der Waals surface area (Å²) >= 11 is 0. The summed E-state index contributed by atoms with van der Waals surface area (Å²) in [6.07, 6.45) is 21.0. The van der Waals surface area contributed by atoms with E-state index in [0.29, 0.717) is 13.2 Å². The van der Waals surface area contributed by atoms with Crippen LogP contribution in [0.2, 0.25) is 6.32 Å². The smallest absolute Gasteiger partial charge is 0.408 e. The molecule has 0 aromatic heterocycles. The highest BCUT2D eigenvalue weighted by Gasteiger charge is 2.33. The van der Waals surface area contributed by atoms with Gasteiger partial charge >= 0.3 is 14.2 Å². The SMILES string of the molecule is C=C(/C=C\CB1OCC(CC)O1)B1OCC(CCCCCCCCCCCC)O1. The zero-order valence-corrected chi connectivity index (χ0v) is 18.9. The summed E-state index contributed by atoms with van der Waals surface area (Å²) in [5, 5.41) is 0. The zero-order valence-electron chi connectivity index (χ0n) is 18.9. The van der Waals surface area contributed by atoms with Crippen LogP contribution >= 0.6 is 0 Å². The molecule has 29 heavy (non-hydrogen) atoms. The van der Waals surface area contributed by atoms with Gasteiger partial charge in [0.2, 0.25) is 0 Å². The number of rotatable bonds is 16. The Kier molecular flexibility index (Phi) is 13.0. The maximum atomic E-state index is 6.03. The highest BCUT2D eigenvalue weighted by molar-refractivity contribution is 6.55. The summed E-state index contributed by atoms with van der Waals surface area (Å²) in [6, 6.07) is 0. The molecule has 2 unspecified atom stereocenters. The molecule has 6 heteroatoms. The van der Waals surface area contributed by atoms with Gasteiger partial charge < -0.3 is 18.6 Å². The second kappa shape index (κ2) is 15.3. The van der Waals surface area contributed by atoms with E-state index in [0.717, 1.165) is 24.6 Å². The van der Waals surface area contributed by atoms with Crippen molar-refractivity contribution < 1.29 is 18.6 Å². The average Bonchev–Trinajstić information content (AvgIpc) is 3.39. The molecule has 2 aliphatic rings. The van der Waals surface area contributed by atoms with E-state index in [-0.39, 0.29) is 26.4 Å². The lowest BCUT2D eigenvalue weighted by molar-refractivity contribution is 0.217. The Balaban J connectivity index is 1.46. The molecule has 0 amide bonds. The van der Waals surface area contributed by atoms with Crippen molar-refractivity contribution in [3.8, 4) is 0 Å². The van der Waals surface area contributed by atoms with Crippen LogP contribution < -0.4 is 0 Å². The first kappa shape index (κ1) is 24.7. The quantitative estimate of drug-likeness (QED) is 0.175. The molecule has 0 aromatic carbocycles. The van der Waals surface area contributed by atoms with Crippen LogP contribution in [0.3, 0.4) is 0 Å². The van der Waals surface area contributed by atoms with Crippen molar-refractivity contribution >= 4 is 14.2 Å². The largest absolute Gasteiger partial charge is 0.493 e. The number of allylic oxidation sites excluding steroid dienone is 3. The Morgan fingerprint density at radius 3 is 2.17 bits per heavy atom. The number of unbranched alkanes of at least 4 members (excludes halogenated alkanes) is 9. The van der Waals surface area contributed by atoms with E-state index in [9.17, 15) is 0 Å². The first-order valence-corrected chi connectivity index (χ1v) is 12.1. The number of hydrogen-bond donors (Lipinski definition) is 0. The molecule has 0 N–H and O–H groups in total. The first-order valence-electron chi connectivity index (χ1n) is 12.1. The van der Waals surface area contributed by atoms with Gasteiger partial charge in [-0.1, -0.05) is 96.8 Å². The Bertz CT molecular complexity index is 472. The van der Waals surface area contributed by atoms with E-state index in [2.05, 4.69) is 20.4 Å². The molecule has 0 saturated carbocycles. The normalized spacial score (nSPS) is 22.3. The third kappa shape index (κ3) is 10.3. The van der Waals surface area contributed by atoms with E-state index in [1.807, 2.05) is 12.2 Å². The predicted octanol–water partition coefficient (Wildman–Crippen LogP) is 6.17. The van der Waals surface area contributed by atoms with Crippen molar-refractivity contribution in [2.45, 2.75) is 109 Å². The molecule has 2 atom stereocenters. The standard InChI is InChI=1S/C23H42B2O4/c1-4-6-7-8-9-10-11-12-13-14-17-23-20-27-25(29-23)21(3)16-15-18-24-26-19-22(5-2)28-24/h15-16,22-23H,3-14,17-20H2,1-2H3/b16-15-. The molecule has 2 saturated heterocycles. The van der Waals surface area contributed by atoms with Gasteiger partial charge in [0.05, 0.1) is 25.4 Å². The molecule has 2 fully saturated rings. The fourth-order valence-electron chi connectivity index (χ4n) is 3.91. The van der Waals surface area contributed by atoms with Gasteiger partial charge in [0.15, 0.2) is 0 Å². The molecule has 2 aliphatic heterocycles. The topological polar surface area (TPSA) is 36.9 Å². The maximum absolute atomic E-state index is 6.03.